The van der Waals surface area contributed by atoms with E-state index in [0.717, 1.165) is 35.1 Å². The predicted octanol–water partition coefficient (Wildman–Crippen LogP) is 4.70. The number of ether oxygens (including phenoxy) is 1. The van der Waals surface area contributed by atoms with Crippen LogP contribution in [0.3, 0.4) is 0 Å². The number of aliphatic carboxylic acids is 1. The third-order valence-electron chi connectivity index (χ3n) is 6.40. The average Bonchev–Trinajstić information content (AvgIpc) is 3.16. The number of fused-ring (bicyclic) bond motifs is 3. The van der Waals surface area contributed by atoms with Crippen molar-refractivity contribution in [2.24, 2.45) is 5.92 Å². The highest BCUT2D eigenvalue weighted by atomic mass is 16.5. The molecule has 3 rings (SSSR count). The molecular formula is C27H34N2O5. The van der Waals surface area contributed by atoms with Gasteiger partial charge in [-0.1, -0.05) is 81.6 Å². The number of alkyl carbamates (subject to hydrolysis) is 1. The fourth-order valence-electron chi connectivity index (χ4n) is 4.44. The van der Waals surface area contributed by atoms with Crippen LogP contribution in [0.15, 0.2) is 48.5 Å². The smallest absolute Gasteiger partial charge is 0.407 e. The van der Waals surface area contributed by atoms with E-state index in [2.05, 4.69) is 34.9 Å². The van der Waals surface area contributed by atoms with Crippen molar-refractivity contribution in [3.63, 3.8) is 0 Å². The first-order valence-electron chi connectivity index (χ1n) is 12.1. The Hall–Kier alpha value is -3.35. The highest BCUT2D eigenvalue weighted by molar-refractivity contribution is 5.85. The van der Waals surface area contributed by atoms with Gasteiger partial charge in [-0.15, -0.1) is 0 Å². The van der Waals surface area contributed by atoms with Crippen LogP contribution in [0.25, 0.3) is 11.1 Å². The number of rotatable bonds is 12. The molecule has 7 nitrogen and oxygen atoms in total. The molecule has 0 radical (unpaired) electrons. The second-order valence-electron chi connectivity index (χ2n) is 8.78. The zero-order valence-corrected chi connectivity index (χ0v) is 19.9. The topological polar surface area (TPSA) is 105 Å². The molecule has 0 aromatic heterocycles. The molecule has 3 N–H and O–H groups in total. The first-order chi connectivity index (χ1) is 16.4. The molecule has 1 aliphatic rings. The van der Waals surface area contributed by atoms with Crippen LogP contribution in [-0.2, 0) is 14.3 Å². The highest BCUT2D eigenvalue weighted by Gasteiger charge is 2.29. The van der Waals surface area contributed by atoms with E-state index >= 15 is 0 Å². The standard InChI is InChI=1S/C27H34N2O5/c1-3-5-14-24(26(32)28-16-18(4-2)15-25(30)31)29-27(33)34-17-23-21-12-8-6-10-19(21)20-11-7-9-13-22(20)23/h6-13,18,23-24H,3-5,14-17H2,1-2H3,(H,28,32)(H,29,33)(H,30,31). The Balaban J connectivity index is 1.60. The molecule has 1 aliphatic carbocycles. The molecule has 182 valence electrons. The van der Waals surface area contributed by atoms with Crippen molar-refractivity contribution in [3.8, 4) is 11.1 Å². The number of carbonyl (C=O) groups excluding carboxylic acids is 2. The van der Waals surface area contributed by atoms with Crippen LogP contribution in [0.4, 0.5) is 4.79 Å². The minimum Gasteiger partial charge on any atom is -0.481 e. The van der Waals surface area contributed by atoms with Crippen molar-refractivity contribution >= 4 is 18.0 Å². The highest BCUT2D eigenvalue weighted by Crippen LogP contribution is 2.44. The van der Waals surface area contributed by atoms with Gasteiger partial charge in [0.05, 0.1) is 0 Å². The summed E-state index contributed by atoms with van der Waals surface area (Å²) >= 11 is 0. The molecule has 7 heteroatoms. The lowest BCUT2D eigenvalue weighted by Gasteiger charge is -2.21. The molecule has 0 bridgehead atoms. The van der Waals surface area contributed by atoms with Crippen molar-refractivity contribution < 1.29 is 24.2 Å². The molecule has 0 saturated carbocycles. The summed E-state index contributed by atoms with van der Waals surface area (Å²) in [6.45, 7) is 4.35. The van der Waals surface area contributed by atoms with Crippen LogP contribution in [0.5, 0.6) is 0 Å². The Bertz CT molecular complexity index is 961. The lowest BCUT2D eigenvalue weighted by molar-refractivity contribution is -0.138. The maximum Gasteiger partial charge on any atom is 0.407 e. The zero-order valence-electron chi connectivity index (χ0n) is 19.9. The molecule has 2 unspecified atom stereocenters. The van der Waals surface area contributed by atoms with Gasteiger partial charge in [-0.25, -0.2) is 4.79 Å². The van der Waals surface area contributed by atoms with E-state index in [0.29, 0.717) is 12.8 Å². The molecule has 34 heavy (non-hydrogen) atoms. The number of carbonyl (C=O) groups is 3. The summed E-state index contributed by atoms with van der Waals surface area (Å²) in [7, 11) is 0. The number of hydrogen-bond acceptors (Lipinski definition) is 4. The summed E-state index contributed by atoms with van der Waals surface area (Å²) in [6, 6.07) is 15.5. The van der Waals surface area contributed by atoms with Crippen LogP contribution in [0.1, 0.15) is 63.0 Å². The lowest BCUT2D eigenvalue weighted by atomic mass is 9.98. The fourth-order valence-corrected chi connectivity index (χ4v) is 4.44. The molecule has 2 amide bonds. The maximum absolute atomic E-state index is 12.7. The molecule has 2 aromatic carbocycles. The number of benzene rings is 2. The normalized spacial score (nSPS) is 13.9. The van der Waals surface area contributed by atoms with Gasteiger partial charge in [-0.3, -0.25) is 9.59 Å². The third kappa shape index (κ3) is 6.37. The Morgan fingerprint density at radius 1 is 1.00 bits per heavy atom. The Morgan fingerprint density at radius 3 is 2.18 bits per heavy atom. The van der Waals surface area contributed by atoms with Crippen molar-refractivity contribution in [1.29, 1.82) is 0 Å². The SMILES string of the molecule is CCCCC(NC(=O)OCC1c2ccccc2-c2ccccc21)C(=O)NCC(CC)CC(=O)O. The van der Waals surface area contributed by atoms with Gasteiger partial charge in [0.1, 0.15) is 12.6 Å². The number of carboxylic acid groups (broad SMARTS) is 1. The van der Waals surface area contributed by atoms with E-state index in [1.807, 2.05) is 38.1 Å². The quantitative estimate of drug-likeness (QED) is 0.421. The largest absolute Gasteiger partial charge is 0.481 e. The van der Waals surface area contributed by atoms with Gasteiger partial charge in [0.15, 0.2) is 0 Å². The lowest BCUT2D eigenvalue weighted by Crippen LogP contribution is -2.48. The van der Waals surface area contributed by atoms with Crippen LogP contribution in [0.2, 0.25) is 0 Å². The predicted molar refractivity (Wildman–Crippen MR) is 131 cm³/mol. The molecular weight excluding hydrogens is 432 g/mol. The monoisotopic (exact) mass is 466 g/mol. The van der Waals surface area contributed by atoms with Crippen LogP contribution >= 0.6 is 0 Å². The summed E-state index contributed by atoms with van der Waals surface area (Å²) in [4.78, 5) is 36.4. The van der Waals surface area contributed by atoms with Gasteiger partial charge < -0.3 is 20.5 Å². The summed E-state index contributed by atoms with van der Waals surface area (Å²) in [5.41, 5.74) is 4.56. The first-order valence-corrected chi connectivity index (χ1v) is 12.1. The minimum atomic E-state index is -0.889. The number of unbranched alkanes of at least 4 members (excludes halogenated alkanes) is 1. The summed E-state index contributed by atoms with van der Waals surface area (Å²) in [5.74, 6) is -1.41. The third-order valence-corrected chi connectivity index (χ3v) is 6.40. The van der Waals surface area contributed by atoms with Crippen molar-refractivity contribution in [2.75, 3.05) is 13.2 Å². The van der Waals surface area contributed by atoms with Crippen LogP contribution in [0, 0.1) is 5.92 Å². The van der Waals surface area contributed by atoms with Gasteiger partial charge in [0.25, 0.3) is 0 Å². The average molecular weight is 467 g/mol. The Labute approximate surface area is 200 Å². The molecule has 0 saturated heterocycles. The Morgan fingerprint density at radius 2 is 1.62 bits per heavy atom. The van der Waals surface area contributed by atoms with Crippen molar-refractivity contribution in [1.82, 2.24) is 10.6 Å². The van der Waals surface area contributed by atoms with Crippen LogP contribution in [-0.4, -0.2) is 42.3 Å². The van der Waals surface area contributed by atoms with Crippen molar-refractivity contribution in [2.45, 2.75) is 57.9 Å². The summed E-state index contributed by atoms with van der Waals surface area (Å²) in [5, 5.41) is 14.5. The fraction of sp³-hybridized carbons (Fsp3) is 0.444. The number of carboxylic acids is 1. The molecule has 2 atom stereocenters. The van der Waals surface area contributed by atoms with Crippen molar-refractivity contribution in [3.05, 3.63) is 59.7 Å². The first kappa shape index (κ1) is 25.3. The molecule has 0 spiro atoms. The summed E-state index contributed by atoms with van der Waals surface area (Å²) in [6.07, 6.45) is 2.15. The van der Waals surface area contributed by atoms with E-state index in [1.165, 1.54) is 0 Å². The van der Waals surface area contributed by atoms with Gasteiger partial charge in [0.2, 0.25) is 5.91 Å². The molecule has 0 aliphatic heterocycles. The van der Waals surface area contributed by atoms with E-state index in [4.69, 9.17) is 9.84 Å². The zero-order chi connectivity index (χ0) is 24.5. The molecule has 0 fully saturated rings. The van der Waals surface area contributed by atoms with E-state index < -0.39 is 18.1 Å². The maximum atomic E-state index is 12.7. The van der Waals surface area contributed by atoms with Gasteiger partial charge >= 0.3 is 12.1 Å². The molecule has 0 heterocycles. The summed E-state index contributed by atoms with van der Waals surface area (Å²) < 4.78 is 5.59. The van der Waals surface area contributed by atoms with E-state index in [-0.39, 0.29) is 37.3 Å². The van der Waals surface area contributed by atoms with Gasteiger partial charge in [-0.05, 0) is 34.6 Å². The van der Waals surface area contributed by atoms with Gasteiger partial charge in [-0.2, -0.15) is 0 Å². The number of hydrogen-bond donors (Lipinski definition) is 3. The van der Waals surface area contributed by atoms with Crippen LogP contribution < -0.4 is 10.6 Å². The van der Waals surface area contributed by atoms with E-state index in [9.17, 15) is 14.4 Å². The minimum absolute atomic E-state index is 0.00376. The second-order valence-corrected chi connectivity index (χ2v) is 8.78. The van der Waals surface area contributed by atoms with Gasteiger partial charge in [0, 0.05) is 18.9 Å². The molecule has 2 aromatic rings. The number of nitrogens with one attached hydrogen (secondary N) is 2. The Kier molecular flexibility index (Phi) is 9.08. The number of amides is 2. The second kappa shape index (κ2) is 12.2. The van der Waals surface area contributed by atoms with E-state index in [1.54, 1.807) is 0 Å².